The lowest BCUT2D eigenvalue weighted by Crippen LogP contribution is -2.31. The first kappa shape index (κ1) is 14.3. The van der Waals surface area contributed by atoms with Crippen LogP contribution in [0.4, 0.5) is 5.69 Å². The molecule has 0 aromatic heterocycles. The fraction of sp³-hybridized carbons (Fsp3) is 0.538. The molecule has 0 saturated carbocycles. The standard InChI is InChI=1S/C13H21ClN2O/c1-13(2,3)9-16(17-4)8-10-7-11(14)5-6-12(10)15/h5-7H,8-9,15H2,1-4H3. The average Bonchev–Trinajstić information content (AvgIpc) is 2.20. The zero-order valence-corrected chi connectivity index (χ0v) is 11.7. The quantitative estimate of drug-likeness (QED) is 0.663. The Morgan fingerprint density at radius 2 is 2.00 bits per heavy atom. The maximum atomic E-state index is 5.96. The first-order chi connectivity index (χ1) is 7.81. The number of benzene rings is 1. The van der Waals surface area contributed by atoms with Crippen LogP contribution in [0, 0.1) is 5.41 Å². The van der Waals surface area contributed by atoms with Gasteiger partial charge in [-0.2, -0.15) is 5.06 Å². The van der Waals surface area contributed by atoms with E-state index < -0.39 is 0 Å². The number of anilines is 1. The molecule has 0 radical (unpaired) electrons. The van der Waals surface area contributed by atoms with Gasteiger partial charge in [0.25, 0.3) is 0 Å². The fourth-order valence-corrected chi connectivity index (χ4v) is 1.81. The number of rotatable bonds is 4. The minimum Gasteiger partial charge on any atom is -0.398 e. The molecule has 0 spiro atoms. The van der Waals surface area contributed by atoms with Gasteiger partial charge in [0, 0.05) is 17.3 Å². The van der Waals surface area contributed by atoms with Crippen LogP contribution < -0.4 is 5.73 Å². The lowest BCUT2D eigenvalue weighted by atomic mass is 9.96. The molecule has 4 heteroatoms. The van der Waals surface area contributed by atoms with Gasteiger partial charge in [-0.05, 0) is 29.2 Å². The van der Waals surface area contributed by atoms with Crippen molar-refractivity contribution in [3.8, 4) is 0 Å². The van der Waals surface area contributed by atoms with Gasteiger partial charge in [0.15, 0.2) is 0 Å². The van der Waals surface area contributed by atoms with E-state index in [1.165, 1.54) is 0 Å². The molecule has 17 heavy (non-hydrogen) atoms. The maximum absolute atomic E-state index is 5.96. The second-order valence-electron chi connectivity index (χ2n) is 5.38. The van der Waals surface area contributed by atoms with Crippen LogP contribution in [0.2, 0.25) is 5.02 Å². The summed E-state index contributed by atoms with van der Waals surface area (Å²) >= 11 is 5.96. The molecular formula is C13H21ClN2O. The van der Waals surface area contributed by atoms with Crippen molar-refractivity contribution in [2.75, 3.05) is 19.4 Å². The van der Waals surface area contributed by atoms with Crippen molar-refractivity contribution in [1.82, 2.24) is 5.06 Å². The summed E-state index contributed by atoms with van der Waals surface area (Å²) in [5.74, 6) is 0. The van der Waals surface area contributed by atoms with Gasteiger partial charge in [-0.1, -0.05) is 32.4 Å². The number of hydrogen-bond acceptors (Lipinski definition) is 3. The van der Waals surface area contributed by atoms with Crippen LogP contribution in [0.1, 0.15) is 26.3 Å². The van der Waals surface area contributed by atoms with Gasteiger partial charge in [-0.3, -0.25) is 0 Å². The monoisotopic (exact) mass is 256 g/mol. The molecule has 0 atom stereocenters. The number of halogens is 1. The third-order valence-electron chi connectivity index (χ3n) is 2.36. The van der Waals surface area contributed by atoms with Gasteiger partial charge < -0.3 is 10.6 Å². The van der Waals surface area contributed by atoms with Gasteiger partial charge in [0.1, 0.15) is 0 Å². The number of hydrogen-bond donors (Lipinski definition) is 1. The molecule has 3 nitrogen and oxygen atoms in total. The first-order valence-electron chi connectivity index (χ1n) is 5.65. The fourth-order valence-electron chi connectivity index (χ4n) is 1.62. The Morgan fingerprint density at radius 3 is 2.53 bits per heavy atom. The van der Waals surface area contributed by atoms with Crippen molar-refractivity contribution in [3.63, 3.8) is 0 Å². The van der Waals surface area contributed by atoms with Gasteiger partial charge in [0.2, 0.25) is 0 Å². The Morgan fingerprint density at radius 1 is 1.35 bits per heavy atom. The van der Waals surface area contributed by atoms with Crippen molar-refractivity contribution in [1.29, 1.82) is 0 Å². The van der Waals surface area contributed by atoms with E-state index >= 15 is 0 Å². The molecule has 0 saturated heterocycles. The highest BCUT2D eigenvalue weighted by Crippen LogP contribution is 2.22. The third kappa shape index (κ3) is 4.94. The second-order valence-corrected chi connectivity index (χ2v) is 5.82. The second kappa shape index (κ2) is 5.71. The zero-order chi connectivity index (χ0) is 13.1. The summed E-state index contributed by atoms with van der Waals surface area (Å²) in [5, 5.41) is 2.59. The largest absolute Gasteiger partial charge is 0.398 e. The Hall–Kier alpha value is -0.770. The van der Waals surface area contributed by atoms with E-state index in [0.29, 0.717) is 11.6 Å². The average molecular weight is 257 g/mol. The topological polar surface area (TPSA) is 38.5 Å². The highest BCUT2D eigenvalue weighted by Gasteiger charge is 2.17. The molecule has 1 aromatic carbocycles. The summed E-state index contributed by atoms with van der Waals surface area (Å²) in [6, 6.07) is 5.50. The van der Waals surface area contributed by atoms with E-state index in [2.05, 4.69) is 20.8 Å². The van der Waals surface area contributed by atoms with E-state index in [-0.39, 0.29) is 5.41 Å². The molecule has 0 amide bonds. The summed E-state index contributed by atoms with van der Waals surface area (Å²) in [6.07, 6.45) is 0. The van der Waals surface area contributed by atoms with Crippen molar-refractivity contribution in [2.24, 2.45) is 5.41 Å². The number of hydroxylamine groups is 2. The molecule has 0 heterocycles. The number of nitrogen functional groups attached to an aromatic ring is 1. The normalized spacial score (nSPS) is 12.1. The lowest BCUT2D eigenvalue weighted by Gasteiger charge is -2.28. The number of nitrogens with zero attached hydrogens (tertiary/aromatic N) is 1. The highest BCUT2D eigenvalue weighted by molar-refractivity contribution is 6.30. The third-order valence-corrected chi connectivity index (χ3v) is 2.60. The molecule has 2 N–H and O–H groups in total. The summed E-state index contributed by atoms with van der Waals surface area (Å²) in [4.78, 5) is 5.36. The minimum absolute atomic E-state index is 0.170. The van der Waals surface area contributed by atoms with Crippen molar-refractivity contribution in [3.05, 3.63) is 28.8 Å². The maximum Gasteiger partial charge on any atom is 0.0575 e. The SMILES string of the molecule is CON(Cc1cc(Cl)ccc1N)CC(C)(C)C. The molecule has 1 rings (SSSR count). The predicted octanol–water partition coefficient (Wildman–Crippen LogP) is 3.33. The van der Waals surface area contributed by atoms with Crippen molar-refractivity contribution in [2.45, 2.75) is 27.3 Å². The minimum atomic E-state index is 0.170. The Kier molecular flexibility index (Phi) is 4.80. The van der Waals surface area contributed by atoms with Crippen LogP contribution in [-0.2, 0) is 11.4 Å². The smallest absolute Gasteiger partial charge is 0.0575 e. The Labute approximate surface area is 108 Å². The van der Waals surface area contributed by atoms with Crippen LogP contribution >= 0.6 is 11.6 Å². The Balaban J connectivity index is 2.77. The van der Waals surface area contributed by atoms with E-state index in [1.807, 2.05) is 17.2 Å². The Bertz CT molecular complexity index is 374. The molecule has 0 aliphatic heterocycles. The van der Waals surface area contributed by atoms with Crippen LogP contribution in [0.25, 0.3) is 0 Å². The van der Waals surface area contributed by atoms with Gasteiger partial charge in [0.05, 0.1) is 13.7 Å². The van der Waals surface area contributed by atoms with E-state index in [9.17, 15) is 0 Å². The van der Waals surface area contributed by atoms with Crippen molar-refractivity contribution >= 4 is 17.3 Å². The van der Waals surface area contributed by atoms with Crippen LogP contribution in [-0.4, -0.2) is 18.7 Å². The summed E-state index contributed by atoms with van der Waals surface area (Å²) < 4.78 is 0. The molecule has 0 bridgehead atoms. The molecule has 96 valence electrons. The zero-order valence-electron chi connectivity index (χ0n) is 11.0. The molecule has 0 aliphatic carbocycles. The van der Waals surface area contributed by atoms with Crippen LogP contribution in [0.3, 0.4) is 0 Å². The highest BCUT2D eigenvalue weighted by atomic mass is 35.5. The summed E-state index contributed by atoms with van der Waals surface area (Å²) in [6.45, 7) is 7.97. The molecule has 0 aliphatic rings. The molecule has 1 aromatic rings. The van der Waals surface area contributed by atoms with Gasteiger partial charge >= 0.3 is 0 Å². The van der Waals surface area contributed by atoms with Crippen molar-refractivity contribution < 1.29 is 4.84 Å². The van der Waals surface area contributed by atoms with Gasteiger partial charge in [-0.25, -0.2) is 0 Å². The van der Waals surface area contributed by atoms with E-state index in [4.69, 9.17) is 22.2 Å². The lowest BCUT2D eigenvalue weighted by molar-refractivity contribution is -0.154. The van der Waals surface area contributed by atoms with E-state index in [0.717, 1.165) is 17.8 Å². The first-order valence-corrected chi connectivity index (χ1v) is 6.02. The van der Waals surface area contributed by atoms with Crippen LogP contribution in [0.15, 0.2) is 18.2 Å². The molecular weight excluding hydrogens is 236 g/mol. The molecule has 0 fully saturated rings. The van der Waals surface area contributed by atoms with Gasteiger partial charge in [-0.15, -0.1) is 0 Å². The van der Waals surface area contributed by atoms with E-state index in [1.54, 1.807) is 13.2 Å². The summed E-state index contributed by atoms with van der Waals surface area (Å²) in [7, 11) is 1.67. The van der Waals surface area contributed by atoms with Crippen LogP contribution in [0.5, 0.6) is 0 Å². The molecule has 0 unspecified atom stereocenters. The predicted molar refractivity (Wildman–Crippen MR) is 72.7 cm³/mol. The summed E-state index contributed by atoms with van der Waals surface area (Å²) in [5.41, 5.74) is 7.82. The number of nitrogens with two attached hydrogens (primary N) is 1.